The topological polar surface area (TPSA) is 232 Å². The fraction of sp³-hybridized carbons (Fsp3) is 0.682. The molecule has 0 rings (SSSR count). The number of hydrogen-bond donors (Lipinski definition) is 5. The number of amides is 2. The van der Waals surface area contributed by atoms with Crippen LogP contribution >= 0.6 is 0 Å². The van der Waals surface area contributed by atoms with E-state index in [9.17, 15) is 38.7 Å². The number of carboxylic acids is 3. The number of ether oxygens (including phenoxy) is 2. The molecule has 2 amide bonds. The van der Waals surface area contributed by atoms with E-state index < -0.39 is 87.5 Å². The molecule has 0 unspecified atom stereocenters. The smallest absolute Gasteiger partial charge is 0.325 e. The van der Waals surface area contributed by atoms with Gasteiger partial charge in [-0.3, -0.25) is 48.3 Å². The molecule has 0 fully saturated rings. The number of carbonyl (C=O) groups is 7. The summed E-state index contributed by atoms with van der Waals surface area (Å²) in [6.45, 7) is 0.178. The van der Waals surface area contributed by atoms with Gasteiger partial charge >= 0.3 is 29.8 Å². The van der Waals surface area contributed by atoms with Crippen molar-refractivity contribution in [3.63, 3.8) is 0 Å². The molecule has 0 aromatic carbocycles. The monoisotopic (exact) mass is 563 g/mol. The van der Waals surface area contributed by atoms with Crippen LogP contribution < -0.4 is 10.6 Å². The molecule has 0 aliphatic rings. The minimum atomic E-state index is -1.24. The summed E-state index contributed by atoms with van der Waals surface area (Å²) in [6, 6.07) is 0. The molecule has 222 valence electrons. The van der Waals surface area contributed by atoms with E-state index in [4.69, 9.17) is 19.7 Å². The fourth-order valence-corrected chi connectivity index (χ4v) is 3.12. The molecule has 0 atom stereocenters. The van der Waals surface area contributed by atoms with E-state index >= 15 is 0 Å². The summed E-state index contributed by atoms with van der Waals surface area (Å²) in [5.74, 6) is -6.29. The van der Waals surface area contributed by atoms with Gasteiger partial charge in [0.05, 0.1) is 45.9 Å². The van der Waals surface area contributed by atoms with E-state index in [-0.39, 0.29) is 39.4 Å². The molecule has 0 bridgehead atoms. The van der Waals surface area contributed by atoms with Gasteiger partial charge in [-0.2, -0.15) is 0 Å². The molecule has 17 nitrogen and oxygen atoms in total. The summed E-state index contributed by atoms with van der Waals surface area (Å²) < 4.78 is 9.39. The molecule has 0 spiro atoms. The van der Waals surface area contributed by atoms with Crippen LogP contribution in [-0.4, -0.2) is 157 Å². The zero-order valence-electron chi connectivity index (χ0n) is 22.0. The predicted octanol–water partition coefficient (Wildman–Crippen LogP) is -3.50. The fourth-order valence-electron chi connectivity index (χ4n) is 3.12. The molecule has 0 aliphatic heterocycles. The van der Waals surface area contributed by atoms with Crippen LogP contribution in [0.2, 0.25) is 0 Å². The Morgan fingerprint density at radius 1 is 0.538 bits per heavy atom. The Hall–Kier alpha value is -3.83. The number of nitrogens with zero attached hydrogens (tertiary/aromatic N) is 3. The van der Waals surface area contributed by atoms with Crippen molar-refractivity contribution in [2.24, 2.45) is 0 Å². The van der Waals surface area contributed by atoms with Gasteiger partial charge in [0.1, 0.15) is 13.1 Å². The third kappa shape index (κ3) is 19.9. The lowest BCUT2D eigenvalue weighted by Crippen LogP contribution is -2.47. The summed E-state index contributed by atoms with van der Waals surface area (Å²) in [4.78, 5) is 84.7. The largest absolute Gasteiger partial charge is 0.480 e. The average Bonchev–Trinajstić information content (AvgIpc) is 2.82. The van der Waals surface area contributed by atoms with E-state index in [1.807, 2.05) is 0 Å². The van der Waals surface area contributed by atoms with Crippen molar-refractivity contribution < 1.29 is 58.4 Å². The number of hydrogen-bond acceptors (Lipinski definition) is 12. The maximum Gasteiger partial charge on any atom is 0.325 e. The van der Waals surface area contributed by atoms with Crippen LogP contribution in [-0.2, 0) is 43.0 Å². The van der Waals surface area contributed by atoms with E-state index in [1.165, 1.54) is 14.7 Å². The van der Waals surface area contributed by atoms with Crippen molar-refractivity contribution in [3.05, 3.63) is 0 Å². The SMILES string of the molecule is CCOC(=O)CNC(=O)CN(CCN(CCN(CC(=O)O)CC(=O)NCC(=O)OCC)CC(=O)O)CC(=O)O. The average molecular weight is 564 g/mol. The highest BCUT2D eigenvalue weighted by molar-refractivity contribution is 5.84. The van der Waals surface area contributed by atoms with Gasteiger partial charge in [-0.15, -0.1) is 0 Å². The highest BCUT2D eigenvalue weighted by Gasteiger charge is 2.20. The molecule has 0 aromatic rings. The third-order valence-corrected chi connectivity index (χ3v) is 4.75. The molecule has 39 heavy (non-hydrogen) atoms. The Morgan fingerprint density at radius 2 is 0.846 bits per heavy atom. The van der Waals surface area contributed by atoms with Crippen molar-refractivity contribution in [1.82, 2.24) is 25.3 Å². The normalized spacial score (nSPS) is 10.8. The van der Waals surface area contributed by atoms with E-state index in [0.29, 0.717) is 0 Å². The van der Waals surface area contributed by atoms with Gasteiger partial charge < -0.3 is 35.4 Å². The van der Waals surface area contributed by atoms with Gasteiger partial charge in [-0.1, -0.05) is 0 Å². The second-order valence-electron chi connectivity index (χ2n) is 8.04. The van der Waals surface area contributed by atoms with Gasteiger partial charge in [-0.05, 0) is 13.8 Å². The molecule has 0 saturated heterocycles. The molecule has 0 aliphatic carbocycles. The maximum atomic E-state index is 12.1. The van der Waals surface area contributed by atoms with Crippen molar-refractivity contribution >= 4 is 41.7 Å². The Morgan fingerprint density at radius 3 is 1.15 bits per heavy atom. The zero-order chi connectivity index (χ0) is 29.8. The number of esters is 2. The zero-order valence-corrected chi connectivity index (χ0v) is 22.0. The number of nitrogens with one attached hydrogen (secondary N) is 2. The Balaban J connectivity index is 5.11. The van der Waals surface area contributed by atoms with Crippen LogP contribution in [0.4, 0.5) is 0 Å². The molecule has 0 saturated carbocycles. The van der Waals surface area contributed by atoms with Crippen LogP contribution in [0.5, 0.6) is 0 Å². The summed E-state index contributed by atoms with van der Waals surface area (Å²) >= 11 is 0. The summed E-state index contributed by atoms with van der Waals surface area (Å²) in [5, 5.41) is 32.2. The number of carbonyl (C=O) groups excluding carboxylic acids is 4. The minimum Gasteiger partial charge on any atom is -0.480 e. The van der Waals surface area contributed by atoms with Crippen LogP contribution in [0.1, 0.15) is 13.8 Å². The highest BCUT2D eigenvalue weighted by atomic mass is 16.5. The summed E-state index contributed by atoms with van der Waals surface area (Å²) in [6.07, 6.45) is 0. The lowest BCUT2D eigenvalue weighted by atomic mass is 10.3. The second-order valence-corrected chi connectivity index (χ2v) is 8.04. The van der Waals surface area contributed by atoms with Gasteiger partial charge in [0.15, 0.2) is 0 Å². The van der Waals surface area contributed by atoms with Crippen molar-refractivity contribution in [1.29, 1.82) is 0 Å². The molecular weight excluding hydrogens is 526 g/mol. The first-order valence-corrected chi connectivity index (χ1v) is 12.0. The van der Waals surface area contributed by atoms with E-state index in [1.54, 1.807) is 13.8 Å². The van der Waals surface area contributed by atoms with Crippen LogP contribution in [0, 0.1) is 0 Å². The first-order valence-electron chi connectivity index (χ1n) is 12.0. The Kier molecular flexibility index (Phi) is 18.2. The first kappa shape index (κ1) is 35.2. The van der Waals surface area contributed by atoms with Crippen molar-refractivity contribution in [2.75, 3.05) is 85.2 Å². The predicted molar refractivity (Wildman–Crippen MR) is 132 cm³/mol. The molecule has 0 aromatic heterocycles. The lowest BCUT2D eigenvalue weighted by Gasteiger charge is -2.28. The third-order valence-electron chi connectivity index (χ3n) is 4.75. The van der Waals surface area contributed by atoms with Gasteiger partial charge in [0.2, 0.25) is 11.8 Å². The van der Waals surface area contributed by atoms with Crippen molar-refractivity contribution in [3.8, 4) is 0 Å². The first-order chi connectivity index (χ1) is 18.4. The van der Waals surface area contributed by atoms with Crippen LogP contribution in [0.3, 0.4) is 0 Å². The molecule has 0 heterocycles. The maximum absolute atomic E-state index is 12.1. The molecular formula is C22H37N5O12. The molecule has 17 heteroatoms. The number of rotatable bonds is 22. The lowest BCUT2D eigenvalue weighted by molar-refractivity contribution is -0.144. The molecule has 5 N–H and O–H groups in total. The second kappa shape index (κ2) is 20.2. The van der Waals surface area contributed by atoms with Gasteiger partial charge in [0, 0.05) is 26.2 Å². The van der Waals surface area contributed by atoms with Gasteiger partial charge in [0.25, 0.3) is 0 Å². The highest BCUT2D eigenvalue weighted by Crippen LogP contribution is 1.97. The quantitative estimate of drug-likeness (QED) is 0.0804. The summed E-state index contributed by atoms with van der Waals surface area (Å²) in [5.41, 5.74) is 0. The van der Waals surface area contributed by atoms with Gasteiger partial charge in [-0.25, -0.2) is 0 Å². The van der Waals surface area contributed by atoms with E-state index in [2.05, 4.69) is 10.6 Å². The number of carboxylic acid groups (broad SMARTS) is 3. The minimum absolute atomic E-state index is 0.0132. The van der Waals surface area contributed by atoms with Crippen LogP contribution in [0.15, 0.2) is 0 Å². The molecule has 0 radical (unpaired) electrons. The standard InChI is InChI=1S/C22H37N5O12/c1-3-38-21(36)9-23-16(28)11-26(14-19(32)33)7-5-25(13-18(30)31)6-8-27(15-20(34)35)12-17(29)24-10-22(37)39-4-2/h3-15H2,1-2H3,(H,23,28)(H,24,29)(H,30,31)(H,32,33)(H,34,35). The number of aliphatic carboxylic acids is 3. The van der Waals surface area contributed by atoms with Crippen LogP contribution in [0.25, 0.3) is 0 Å². The Bertz CT molecular complexity index is 793. The van der Waals surface area contributed by atoms with E-state index in [0.717, 1.165) is 0 Å². The van der Waals surface area contributed by atoms with Crippen molar-refractivity contribution in [2.45, 2.75) is 13.8 Å². The summed E-state index contributed by atoms with van der Waals surface area (Å²) in [7, 11) is 0. The Labute approximate surface area is 225 Å².